The summed E-state index contributed by atoms with van der Waals surface area (Å²) < 4.78 is 17.3. The fourth-order valence-corrected chi connectivity index (χ4v) is 11.5. The number of nitrogens with one attached hydrogen (secondary N) is 1. The maximum absolute atomic E-state index is 14.0. The van der Waals surface area contributed by atoms with Crippen LogP contribution in [0.4, 0.5) is 0 Å². The van der Waals surface area contributed by atoms with Gasteiger partial charge in [-0.15, -0.1) is 11.8 Å². The predicted octanol–water partition coefficient (Wildman–Crippen LogP) is 3.05. The molecule has 4 fully saturated rings. The van der Waals surface area contributed by atoms with E-state index in [0.29, 0.717) is 50.8 Å². The molecule has 2 saturated heterocycles. The second-order valence-corrected chi connectivity index (χ2v) is 15.6. The van der Waals surface area contributed by atoms with Gasteiger partial charge >= 0.3 is 10.8 Å². The largest absolute Gasteiger partial charge is 0.490 e. The molecule has 3 amide bonds. The number of carboxylic acid groups (broad SMARTS) is 1. The van der Waals surface area contributed by atoms with E-state index in [9.17, 15) is 29.1 Å². The number of imide groups is 1. The van der Waals surface area contributed by atoms with Crippen molar-refractivity contribution in [1.82, 2.24) is 14.8 Å². The number of aliphatic carboxylic acids is 1. The van der Waals surface area contributed by atoms with Crippen LogP contribution in [0.3, 0.4) is 0 Å². The summed E-state index contributed by atoms with van der Waals surface area (Å²) in [6.07, 6.45) is 0.904. The quantitative estimate of drug-likeness (QED) is 0.357. The van der Waals surface area contributed by atoms with Crippen molar-refractivity contribution >= 4 is 46.8 Å². The van der Waals surface area contributed by atoms with Crippen molar-refractivity contribution in [3.8, 4) is 11.5 Å². The molecule has 252 valence electrons. The number of hydrogen-bond acceptors (Lipinski definition) is 10. The van der Waals surface area contributed by atoms with Crippen LogP contribution in [0.2, 0.25) is 0 Å². The predicted molar refractivity (Wildman–Crippen MR) is 172 cm³/mol. The number of aromatic nitrogens is 1. The third kappa shape index (κ3) is 5.45. The first-order valence-corrected chi connectivity index (χ1v) is 18.0. The molecule has 14 heteroatoms. The van der Waals surface area contributed by atoms with Crippen molar-refractivity contribution in [3.05, 3.63) is 38.3 Å². The fraction of sp³-hybridized carbons (Fsp3) is 0.606. The van der Waals surface area contributed by atoms with Crippen molar-refractivity contribution in [2.45, 2.75) is 55.8 Å². The molecule has 0 radical (unpaired) electrons. The number of amides is 3. The highest BCUT2D eigenvalue weighted by molar-refractivity contribution is 8.00. The number of carboxylic acids is 1. The van der Waals surface area contributed by atoms with Crippen LogP contribution in [0.15, 0.2) is 28.0 Å². The molecule has 7 rings (SSSR count). The van der Waals surface area contributed by atoms with Gasteiger partial charge in [0.2, 0.25) is 11.8 Å². The van der Waals surface area contributed by atoms with Gasteiger partial charge in [-0.2, -0.15) is 0 Å². The van der Waals surface area contributed by atoms with Crippen molar-refractivity contribution in [2.24, 2.45) is 35.5 Å². The van der Waals surface area contributed by atoms with Crippen molar-refractivity contribution < 1.29 is 38.5 Å². The summed E-state index contributed by atoms with van der Waals surface area (Å²) >= 11 is 2.74. The van der Waals surface area contributed by atoms with E-state index in [1.807, 2.05) is 32.9 Å². The molecule has 1 aromatic heterocycles. The summed E-state index contributed by atoms with van der Waals surface area (Å²) in [7, 11) is 0. The Bertz CT molecular complexity index is 1650. The molecule has 7 unspecified atom stereocenters. The molecule has 0 spiro atoms. The highest BCUT2D eigenvalue weighted by Gasteiger charge is 2.70. The lowest BCUT2D eigenvalue weighted by Crippen LogP contribution is -2.47. The summed E-state index contributed by atoms with van der Waals surface area (Å²) in [5, 5.41) is 10.8. The number of H-pyrrole nitrogens is 1. The van der Waals surface area contributed by atoms with E-state index in [0.717, 1.165) is 31.7 Å². The number of fused-ring (bicyclic) bond motifs is 9. The second-order valence-electron chi connectivity index (χ2n) is 13.4. The number of morpholine rings is 1. The molecular formula is C33H39N3O9S2. The van der Waals surface area contributed by atoms with Gasteiger partial charge in [-0.05, 0) is 61.1 Å². The van der Waals surface area contributed by atoms with Gasteiger partial charge in [0.25, 0.3) is 5.91 Å². The molecule has 4 heterocycles. The number of thiazole rings is 1. The Morgan fingerprint density at radius 1 is 1.06 bits per heavy atom. The minimum absolute atomic E-state index is 0.00633. The van der Waals surface area contributed by atoms with Crippen LogP contribution >= 0.6 is 23.1 Å². The highest BCUT2D eigenvalue weighted by atomic mass is 32.2. The fourth-order valence-electron chi connectivity index (χ4n) is 8.63. The third-order valence-electron chi connectivity index (χ3n) is 10.4. The maximum Gasteiger partial charge on any atom is 0.326 e. The molecule has 5 aliphatic rings. The Morgan fingerprint density at radius 3 is 2.47 bits per heavy atom. The molecule has 1 aromatic carbocycles. The second kappa shape index (κ2) is 12.6. The van der Waals surface area contributed by atoms with Gasteiger partial charge in [0.05, 0.1) is 36.7 Å². The summed E-state index contributed by atoms with van der Waals surface area (Å²) in [6.45, 7) is 7.91. The smallest absolute Gasteiger partial charge is 0.326 e. The van der Waals surface area contributed by atoms with Gasteiger partial charge in [0.15, 0.2) is 18.1 Å². The Labute approximate surface area is 280 Å². The lowest BCUT2D eigenvalue weighted by Gasteiger charge is -2.43. The summed E-state index contributed by atoms with van der Waals surface area (Å²) in [4.78, 5) is 72.1. The number of carbonyl (C=O) groups excluding carboxylic acids is 3. The Morgan fingerprint density at radius 2 is 1.79 bits per heavy atom. The van der Waals surface area contributed by atoms with Crippen LogP contribution in [-0.2, 0) is 23.9 Å². The first kappa shape index (κ1) is 32.2. The zero-order chi connectivity index (χ0) is 33.1. The summed E-state index contributed by atoms with van der Waals surface area (Å²) in [6, 6.07) is 4.46. The van der Waals surface area contributed by atoms with E-state index in [2.05, 4.69) is 4.98 Å². The zero-order valence-electron chi connectivity index (χ0n) is 26.5. The standard InChI is InChI=1S/C33H39N3O9S2/c1-4-44-21-12-16(5-6-20(21)45-14-22(37)35-7-9-43-10-8-35)23-24-17-13-18(27(24)46-29-28(23)47-33(42)34-29)26-25(17)30(38)36(31(26)39)19(32(40)41)11-15(2)3/h5-6,12,15,17-19,23-27H,4,7-11,13-14H2,1-3H3,(H,34,42)(H,40,41)/t17?,18?,19?,23-,24?,25?,26?,27?/m1/s1. The van der Waals surface area contributed by atoms with E-state index >= 15 is 0 Å². The minimum atomic E-state index is -1.18. The molecule has 8 atom stereocenters. The first-order chi connectivity index (χ1) is 22.6. The molecule has 2 bridgehead atoms. The molecular weight excluding hydrogens is 647 g/mol. The molecule has 2 N–H and O–H groups in total. The number of rotatable bonds is 10. The van der Waals surface area contributed by atoms with Crippen molar-refractivity contribution in [3.63, 3.8) is 0 Å². The first-order valence-electron chi connectivity index (χ1n) is 16.3. The normalized spacial score (nSPS) is 29.9. The average molecular weight is 686 g/mol. The van der Waals surface area contributed by atoms with Crippen LogP contribution in [0, 0.1) is 35.5 Å². The lowest BCUT2D eigenvalue weighted by molar-refractivity contribution is -0.156. The summed E-state index contributed by atoms with van der Waals surface area (Å²) in [5.41, 5.74) is 0.896. The number of hydrogen-bond donors (Lipinski definition) is 2. The Kier molecular flexibility index (Phi) is 8.62. The average Bonchev–Trinajstić information content (AvgIpc) is 3.78. The van der Waals surface area contributed by atoms with Gasteiger partial charge < -0.3 is 29.2 Å². The lowest BCUT2D eigenvalue weighted by atomic mass is 9.68. The number of ether oxygens (including phenoxy) is 3. The van der Waals surface area contributed by atoms with Crippen LogP contribution in [0.5, 0.6) is 11.5 Å². The van der Waals surface area contributed by atoms with E-state index in [1.54, 1.807) is 22.7 Å². The van der Waals surface area contributed by atoms with Gasteiger partial charge in [-0.3, -0.25) is 24.1 Å². The van der Waals surface area contributed by atoms with Crippen LogP contribution in [0.25, 0.3) is 0 Å². The van der Waals surface area contributed by atoms with Gasteiger partial charge in [0.1, 0.15) is 6.04 Å². The molecule has 2 aliphatic carbocycles. The van der Waals surface area contributed by atoms with E-state index < -0.39 is 23.8 Å². The van der Waals surface area contributed by atoms with Gasteiger partial charge in [-0.25, -0.2) is 4.79 Å². The van der Waals surface area contributed by atoms with E-state index in [4.69, 9.17) is 14.2 Å². The Hall–Kier alpha value is -3.36. The van der Waals surface area contributed by atoms with Crippen molar-refractivity contribution in [1.29, 1.82) is 0 Å². The SMILES string of the molecule is CCOc1cc([C@H]2c3sc(=O)[nH]c3SC3C4CC(C5C(=O)N(C(CC(C)C)C(=O)O)C(=O)C45)C32)ccc1OCC(=O)N1CCOCC1. The van der Waals surface area contributed by atoms with Crippen LogP contribution < -0.4 is 14.3 Å². The molecule has 2 aromatic rings. The zero-order valence-corrected chi connectivity index (χ0v) is 28.1. The number of carbonyl (C=O) groups is 4. The van der Waals surface area contributed by atoms with Crippen LogP contribution in [0.1, 0.15) is 50.0 Å². The third-order valence-corrected chi connectivity index (χ3v) is 13.0. The molecule has 3 aliphatic heterocycles. The molecule has 2 saturated carbocycles. The van der Waals surface area contributed by atoms with E-state index in [-0.39, 0.29) is 70.5 Å². The minimum Gasteiger partial charge on any atom is -0.490 e. The van der Waals surface area contributed by atoms with Gasteiger partial charge in [-0.1, -0.05) is 31.3 Å². The van der Waals surface area contributed by atoms with Crippen LogP contribution in [-0.4, -0.2) is 94.4 Å². The van der Waals surface area contributed by atoms with Crippen molar-refractivity contribution in [2.75, 3.05) is 39.5 Å². The topological polar surface area (TPSA) is 156 Å². The maximum atomic E-state index is 14.0. The number of thioether (sulfide) groups is 1. The monoisotopic (exact) mass is 685 g/mol. The van der Waals surface area contributed by atoms with Gasteiger partial charge in [0, 0.05) is 29.1 Å². The molecule has 47 heavy (non-hydrogen) atoms. The summed E-state index contributed by atoms with van der Waals surface area (Å²) in [5.74, 6) is -2.82. The number of likely N-dealkylation sites (tertiary alicyclic amines) is 1. The highest BCUT2D eigenvalue weighted by Crippen LogP contribution is 2.68. The van der Waals surface area contributed by atoms with E-state index in [1.165, 1.54) is 0 Å². The number of benzene rings is 1. The number of nitrogens with zero attached hydrogens (tertiary/aromatic N) is 2. The molecule has 12 nitrogen and oxygen atoms in total. The Balaban J connectivity index is 1.21. The number of aromatic amines is 1.